The third-order valence-electron chi connectivity index (χ3n) is 5.37. The summed E-state index contributed by atoms with van der Waals surface area (Å²) in [5.41, 5.74) is 4.88. The summed E-state index contributed by atoms with van der Waals surface area (Å²) >= 11 is 3.38. The number of aromatic nitrogens is 3. The zero-order valence-corrected chi connectivity index (χ0v) is 16.9. The Morgan fingerprint density at radius 1 is 1.11 bits per heavy atom. The highest BCUT2D eigenvalue weighted by Crippen LogP contribution is 2.26. The number of hydrogen-bond acceptors (Lipinski definition) is 5. The van der Waals surface area contributed by atoms with E-state index in [0.29, 0.717) is 24.4 Å². The summed E-state index contributed by atoms with van der Waals surface area (Å²) in [6, 6.07) is 8.33. The van der Waals surface area contributed by atoms with Crippen LogP contribution in [-0.4, -0.2) is 58.3 Å². The molecule has 2 aromatic heterocycles. The Hall–Kier alpha value is -2.45. The van der Waals surface area contributed by atoms with Crippen LogP contribution in [0.3, 0.4) is 0 Å². The molecule has 5 rings (SSSR count). The molecule has 7 nitrogen and oxygen atoms in total. The lowest BCUT2D eigenvalue weighted by molar-refractivity contribution is 0.0728. The lowest BCUT2D eigenvalue weighted by atomic mass is 9.98. The van der Waals surface area contributed by atoms with Crippen LogP contribution < -0.4 is 4.90 Å². The maximum atomic E-state index is 13.0. The van der Waals surface area contributed by atoms with E-state index in [-0.39, 0.29) is 5.91 Å². The molecule has 0 atom stereocenters. The molecule has 144 valence electrons. The highest BCUT2D eigenvalue weighted by molar-refractivity contribution is 9.10. The average molecular weight is 442 g/mol. The Labute approximate surface area is 171 Å². The van der Waals surface area contributed by atoms with Crippen molar-refractivity contribution < 1.29 is 9.53 Å². The molecule has 0 unspecified atom stereocenters. The maximum absolute atomic E-state index is 13.0. The molecule has 0 bridgehead atoms. The highest BCUT2D eigenvalue weighted by Gasteiger charge is 2.25. The molecule has 0 spiro atoms. The first kappa shape index (κ1) is 17.6. The number of anilines is 1. The minimum Gasteiger partial charge on any atom is -0.378 e. The zero-order valence-electron chi connectivity index (χ0n) is 15.3. The standard InChI is InChI=1S/C20H20BrN5O2/c21-16-11-22-19-10-18(23-26(19)13-16)20(27)25-4-3-14-9-17(2-1-15(14)12-25)24-5-7-28-8-6-24/h1-2,9-11,13H,3-8,12H2. The molecule has 1 aromatic carbocycles. The minimum atomic E-state index is -0.0514. The van der Waals surface area contributed by atoms with Crippen LogP contribution in [0.25, 0.3) is 5.65 Å². The van der Waals surface area contributed by atoms with Gasteiger partial charge in [0.15, 0.2) is 11.3 Å². The van der Waals surface area contributed by atoms with Crippen LogP contribution in [-0.2, 0) is 17.7 Å². The van der Waals surface area contributed by atoms with Crippen LogP contribution in [0.2, 0.25) is 0 Å². The lowest BCUT2D eigenvalue weighted by Gasteiger charge is -2.32. The van der Waals surface area contributed by atoms with Gasteiger partial charge < -0.3 is 14.5 Å². The van der Waals surface area contributed by atoms with Gasteiger partial charge in [-0.2, -0.15) is 5.10 Å². The predicted molar refractivity (Wildman–Crippen MR) is 109 cm³/mol. The molecule has 0 aliphatic carbocycles. The van der Waals surface area contributed by atoms with Gasteiger partial charge in [0.2, 0.25) is 0 Å². The van der Waals surface area contributed by atoms with Gasteiger partial charge in [0.05, 0.1) is 17.7 Å². The summed E-state index contributed by atoms with van der Waals surface area (Å²) in [6.07, 6.45) is 4.36. The van der Waals surface area contributed by atoms with Gasteiger partial charge in [-0.3, -0.25) is 4.79 Å². The fourth-order valence-corrected chi connectivity index (χ4v) is 4.15. The second-order valence-electron chi connectivity index (χ2n) is 7.13. The van der Waals surface area contributed by atoms with Crippen molar-refractivity contribution in [1.29, 1.82) is 0 Å². The second kappa shape index (κ2) is 7.18. The molecular formula is C20H20BrN5O2. The molecule has 4 heterocycles. The van der Waals surface area contributed by atoms with Crippen LogP contribution in [0.1, 0.15) is 21.6 Å². The summed E-state index contributed by atoms with van der Waals surface area (Å²) in [4.78, 5) is 21.5. The van der Waals surface area contributed by atoms with Crippen LogP contribution in [0.5, 0.6) is 0 Å². The summed E-state index contributed by atoms with van der Waals surface area (Å²) in [6.45, 7) is 4.74. The Kier molecular flexibility index (Phi) is 4.52. The quantitative estimate of drug-likeness (QED) is 0.611. The predicted octanol–water partition coefficient (Wildman–Crippen LogP) is 2.53. The van der Waals surface area contributed by atoms with Crippen molar-refractivity contribution in [3.8, 4) is 0 Å². The monoisotopic (exact) mass is 441 g/mol. The lowest BCUT2D eigenvalue weighted by Crippen LogP contribution is -2.37. The van der Waals surface area contributed by atoms with E-state index in [4.69, 9.17) is 4.74 Å². The number of hydrogen-bond donors (Lipinski definition) is 0. The molecule has 0 saturated carbocycles. The largest absolute Gasteiger partial charge is 0.378 e. The summed E-state index contributed by atoms with van der Waals surface area (Å²) in [5.74, 6) is -0.0514. The van der Waals surface area contributed by atoms with Crippen molar-refractivity contribution in [1.82, 2.24) is 19.5 Å². The summed E-state index contributed by atoms with van der Waals surface area (Å²) in [5, 5.41) is 4.39. The van der Waals surface area contributed by atoms with Crippen molar-refractivity contribution in [2.24, 2.45) is 0 Å². The molecule has 1 fully saturated rings. The number of fused-ring (bicyclic) bond motifs is 2. The Bertz CT molecular complexity index is 1040. The summed E-state index contributed by atoms with van der Waals surface area (Å²) < 4.78 is 7.90. The molecule has 3 aromatic rings. The smallest absolute Gasteiger partial charge is 0.274 e. The molecular weight excluding hydrogens is 422 g/mol. The average Bonchev–Trinajstić information content (AvgIpc) is 3.16. The summed E-state index contributed by atoms with van der Waals surface area (Å²) in [7, 11) is 0. The van der Waals surface area contributed by atoms with Crippen LogP contribution in [0, 0.1) is 0 Å². The minimum absolute atomic E-state index is 0.0514. The fourth-order valence-electron chi connectivity index (χ4n) is 3.85. The first-order valence-electron chi connectivity index (χ1n) is 9.42. The van der Waals surface area contributed by atoms with Gasteiger partial charge in [-0.1, -0.05) is 6.07 Å². The van der Waals surface area contributed by atoms with Crippen molar-refractivity contribution in [3.05, 3.63) is 58.0 Å². The van der Waals surface area contributed by atoms with E-state index >= 15 is 0 Å². The van der Waals surface area contributed by atoms with E-state index in [2.05, 4.69) is 49.1 Å². The second-order valence-corrected chi connectivity index (χ2v) is 8.05. The van der Waals surface area contributed by atoms with Crippen LogP contribution in [0.4, 0.5) is 5.69 Å². The number of carbonyl (C=O) groups excluding carboxylic acids is 1. The molecule has 0 N–H and O–H groups in total. The molecule has 0 radical (unpaired) electrons. The molecule has 1 amide bonds. The first-order valence-corrected chi connectivity index (χ1v) is 10.2. The van der Waals surface area contributed by atoms with Crippen LogP contribution in [0.15, 0.2) is 41.1 Å². The first-order chi connectivity index (χ1) is 13.7. The highest BCUT2D eigenvalue weighted by atomic mass is 79.9. The third kappa shape index (κ3) is 3.27. The van der Waals surface area contributed by atoms with Gasteiger partial charge in [0.25, 0.3) is 5.91 Å². The van der Waals surface area contributed by atoms with Crippen LogP contribution >= 0.6 is 15.9 Å². The number of carbonyl (C=O) groups is 1. The van der Waals surface area contributed by atoms with Crippen molar-refractivity contribution >= 4 is 33.2 Å². The Morgan fingerprint density at radius 2 is 1.96 bits per heavy atom. The maximum Gasteiger partial charge on any atom is 0.274 e. The van der Waals surface area contributed by atoms with E-state index in [1.807, 2.05) is 4.90 Å². The molecule has 2 aliphatic heterocycles. The van der Waals surface area contributed by atoms with Gasteiger partial charge >= 0.3 is 0 Å². The van der Waals surface area contributed by atoms with E-state index in [9.17, 15) is 4.79 Å². The Balaban J connectivity index is 1.35. The molecule has 28 heavy (non-hydrogen) atoms. The topological polar surface area (TPSA) is 63.0 Å². The number of rotatable bonds is 2. The van der Waals surface area contributed by atoms with Gasteiger partial charge in [-0.25, -0.2) is 9.50 Å². The third-order valence-corrected chi connectivity index (χ3v) is 5.78. The number of amides is 1. The van der Waals surface area contributed by atoms with Crippen molar-refractivity contribution in [2.45, 2.75) is 13.0 Å². The van der Waals surface area contributed by atoms with E-state index in [1.165, 1.54) is 16.8 Å². The SMILES string of the molecule is O=C(c1cc2ncc(Br)cn2n1)N1CCc2cc(N3CCOCC3)ccc2C1. The fraction of sp³-hybridized carbons (Fsp3) is 0.350. The number of morpholine rings is 1. The Morgan fingerprint density at radius 3 is 2.82 bits per heavy atom. The number of halogens is 1. The molecule has 2 aliphatic rings. The molecule has 8 heteroatoms. The zero-order chi connectivity index (χ0) is 19.1. The van der Waals surface area contributed by atoms with E-state index in [0.717, 1.165) is 37.2 Å². The van der Waals surface area contributed by atoms with Gasteiger partial charge in [-0.15, -0.1) is 0 Å². The van der Waals surface area contributed by atoms with Crippen molar-refractivity contribution in [2.75, 3.05) is 37.7 Å². The normalized spacial score (nSPS) is 17.0. The van der Waals surface area contributed by atoms with E-state index in [1.54, 1.807) is 23.0 Å². The number of ether oxygens (including phenoxy) is 1. The van der Waals surface area contributed by atoms with E-state index < -0.39 is 0 Å². The van der Waals surface area contributed by atoms with Gasteiger partial charge in [-0.05, 0) is 45.6 Å². The van der Waals surface area contributed by atoms with Crippen molar-refractivity contribution in [3.63, 3.8) is 0 Å². The number of nitrogens with zero attached hydrogens (tertiary/aromatic N) is 5. The van der Waals surface area contributed by atoms with Gasteiger partial charge in [0.1, 0.15) is 0 Å². The molecule has 1 saturated heterocycles. The van der Waals surface area contributed by atoms with Gasteiger partial charge in [0, 0.05) is 50.3 Å². The number of benzene rings is 1.